The van der Waals surface area contributed by atoms with Gasteiger partial charge in [0.1, 0.15) is 17.3 Å². The SMILES string of the molecule is COc1ccc(-c2noc(CSc3nnc(C)n3-c3cccc(C)c3)n2)c(OC)c1. The average Bonchev–Trinajstić information content (AvgIpc) is 3.38. The Kier molecular flexibility index (Phi) is 5.71. The molecule has 0 saturated heterocycles. The van der Waals surface area contributed by atoms with Crippen LogP contribution in [0.15, 0.2) is 52.1 Å². The maximum atomic E-state index is 5.44. The third-order valence-electron chi connectivity index (χ3n) is 4.50. The third-order valence-corrected chi connectivity index (χ3v) is 5.41. The molecule has 154 valence electrons. The lowest BCUT2D eigenvalue weighted by Crippen LogP contribution is -1.99. The zero-order valence-corrected chi connectivity index (χ0v) is 17.9. The van der Waals surface area contributed by atoms with Gasteiger partial charge in [0.05, 0.1) is 25.5 Å². The first-order valence-electron chi connectivity index (χ1n) is 9.26. The summed E-state index contributed by atoms with van der Waals surface area (Å²) in [6, 6.07) is 13.7. The van der Waals surface area contributed by atoms with E-state index in [2.05, 4.69) is 39.4 Å². The Morgan fingerprint density at radius 1 is 1.03 bits per heavy atom. The van der Waals surface area contributed by atoms with Gasteiger partial charge in [-0.2, -0.15) is 4.98 Å². The largest absolute Gasteiger partial charge is 0.497 e. The van der Waals surface area contributed by atoms with Gasteiger partial charge in [0.15, 0.2) is 5.16 Å². The third kappa shape index (κ3) is 4.02. The molecule has 2 aromatic heterocycles. The molecule has 0 saturated carbocycles. The first-order chi connectivity index (χ1) is 14.6. The average molecular weight is 423 g/mol. The van der Waals surface area contributed by atoms with Gasteiger partial charge in [0.2, 0.25) is 11.7 Å². The van der Waals surface area contributed by atoms with Crippen LogP contribution in [-0.2, 0) is 5.75 Å². The van der Waals surface area contributed by atoms with Crippen molar-refractivity contribution in [2.45, 2.75) is 24.8 Å². The minimum absolute atomic E-state index is 0.460. The van der Waals surface area contributed by atoms with Crippen molar-refractivity contribution >= 4 is 11.8 Å². The molecule has 0 fully saturated rings. The van der Waals surface area contributed by atoms with Crippen molar-refractivity contribution in [1.29, 1.82) is 0 Å². The second kappa shape index (κ2) is 8.58. The summed E-state index contributed by atoms with van der Waals surface area (Å²) in [6.45, 7) is 3.99. The Morgan fingerprint density at radius 3 is 2.67 bits per heavy atom. The summed E-state index contributed by atoms with van der Waals surface area (Å²) in [6.07, 6.45) is 0. The number of methoxy groups -OCH3 is 2. The van der Waals surface area contributed by atoms with Gasteiger partial charge in [-0.1, -0.05) is 29.1 Å². The summed E-state index contributed by atoms with van der Waals surface area (Å²) >= 11 is 1.49. The maximum Gasteiger partial charge on any atom is 0.237 e. The van der Waals surface area contributed by atoms with Gasteiger partial charge in [-0.05, 0) is 43.7 Å². The molecule has 2 heterocycles. The summed E-state index contributed by atoms with van der Waals surface area (Å²) in [5.41, 5.74) is 2.93. The van der Waals surface area contributed by atoms with Gasteiger partial charge < -0.3 is 14.0 Å². The fourth-order valence-electron chi connectivity index (χ4n) is 3.03. The molecule has 9 heteroatoms. The van der Waals surface area contributed by atoms with E-state index in [9.17, 15) is 0 Å². The quantitative estimate of drug-likeness (QED) is 0.408. The lowest BCUT2D eigenvalue weighted by Gasteiger charge is -2.08. The minimum atomic E-state index is 0.460. The van der Waals surface area contributed by atoms with E-state index in [0.717, 1.165) is 22.2 Å². The van der Waals surface area contributed by atoms with Crippen molar-refractivity contribution < 1.29 is 14.0 Å². The number of aromatic nitrogens is 5. The molecule has 0 aliphatic rings. The van der Waals surface area contributed by atoms with Crippen molar-refractivity contribution in [2.24, 2.45) is 0 Å². The number of hydrogen-bond donors (Lipinski definition) is 0. The van der Waals surface area contributed by atoms with Gasteiger partial charge in [0.25, 0.3) is 0 Å². The lowest BCUT2D eigenvalue weighted by atomic mass is 10.2. The molecule has 4 aromatic rings. The molecule has 0 atom stereocenters. The monoisotopic (exact) mass is 423 g/mol. The predicted octanol–water partition coefficient (Wildman–Crippen LogP) is 4.24. The molecular formula is C21H21N5O3S. The highest BCUT2D eigenvalue weighted by Crippen LogP contribution is 2.32. The van der Waals surface area contributed by atoms with Gasteiger partial charge in [-0.15, -0.1) is 10.2 Å². The van der Waals surface area contributed by atoms with E-state index in [-0.39, 0.29) is 0 Å². The standard InChI is InChI=1S/C21H21N5O3S/c1-13-6-5-7-15(10-13)26-14(2)23-24-21(26)30-12-19-22-20(25-29-19)17-9-8-16(27-3)11-18(17)28-4/h5-11H,12H2,1-4H3. The van der Waals surface area contributed by atoms with Crippen LogP contribution in [0.4, 0.5) is 0 Å². The molecule has 0 N–H and O–H groups in total. The van der Waals surface area contributed by atoms with E-state index >= 15 is 0 Å². The Morgan fingerprint density at radius 2 is 1.90 bits per heavy atom. The molecule has 0 bridgehead atoms. The van der Waals surface area contributed by atoms with Gasteiger partial charge in [-0.3, -0.25) is 4.57 Å². The van der Waals surface area contributed by atoms with E-state index in [4.69, 9.17) is 14.0 Å². The Labute approximate surface area is 178 Å². The second-order valence-corrected chi connectivity index (χ2v) is 7.51. The van der Waals surface area contributed by atoms with Crippen molar-refractivity contribution in [3.05, 3.63) is 59.7 Å². The van der Waals surface area contributed by atoms with Crippen molar-refractivity contribution in [1.82, 2.24) is 24.9 Å². The number of rotatable bonds is 7. The van der Waals surface area contributed by atoms with Crippen LogP contribution in [0.2, 0.25) is 0 Å². The van der Waals surface area contributed by atoms with Crippen molar-refractivity contribution in [3.8, 4) is 28.6 Å². The van der Waals surface area contributed by atoms with E-state index in [1.807, 2.05) is 35.8 Å². The summed E-state index contributed by atoms with van der Waals surface area (Å²) in [5, 5.41) is 13.4. The smallest absolute Gasteiger partial charge is 0.237 e. The van der Waals surface area contributed by atoms with E-state index in [1.54, 1.807) is 20.3 Å². The molecular weight excluding hydrogens is 402 g/mol. The van der Waals surface area contributed by atoms with Gasteiger partial charge >= 0.3 is 0 Å². The van der Waals surface area contributed by atoms with E-state index in [1.165, 1.54) is 17.3 Å². The molecule has 0 spiro atoms. The van der Waals surface area contributed by atoms with Crippen LogP contribution in [0, 0.1) is 13.8 Å². The summed E-state index contributed by atoms with van der Waals surface area (Å²) in [7, 11) is 3.20. The molecule has 0 amide bonds. The van der Waals surface area contributed by atoms with Crippen LogP contribution in [-0.4, -0.2) is 39.1 Å². The second-order valence-electron chi connectivity index (χ2n) is 6.57. The fraction of sp³-hybridized carbons (Fsp3) is 0.238. The number of benzene rings is 2. The highest BCUT2D eigenvalue weighted by atomic mass is 32.2. The minimum Gasteiger partial charge on any atom is -0.497 e. The van der Waals surface area contributed by atoms with Crippen LogP contribution in [0.25, 0.3) is 17.1 Å². The van der Waals surface area contributed by atoms with Crippen molar-refractivity contribution in [3.63, 3.8) is 0 Å². The molecule has 0 unspecified atom stereocenters. The fourth-order valence-corrected chi connectivity index (χ4v) is 3.87. The number of ether oxygens (including phenoxy) is 2. The molecule has 30 heavy (non-hydrogen) atoms. The van der Waals surface area contributed by atoms with Crippen molar-refractivity contribution in [2.75, 3.05) is 14.2 Å². The van der Waals surface area contributed by atoms with Gasteiger partial charge in [-0.25, -0.2) is 0 Å². The summed E-state index contributed by atoms with van der Waals surface area (Å²) < 4.78 is 18.1. The summed E-state index contributed by atoms with van der Waals surface area (Å²) in [4.78, 5) is 4.51. The topological polar surface area (TPSA) is 88.1 Å². The maximum absolute atomic E-state index is 5.44. The van der Waals surface area contributed by atoms with Crippen LogP contribution >= 0.6 is 11.8 Å². The molecule has 8 nitrogen and oxygen atoms in total. The Balaban J connectivity index is 1.54. The van der Waals surface area contributed by atoms with Crippen LogP contribution in [0.3, 0.4) is 0 Å². The van der Waals surface area contributed by atoms with Crippen LogP contribution in [0.5, 0.6) is 11.5 Å². The normalized spacial score (nSPS) is 10.9. The molecule has 2 aromatic carbocycles. The molecule has 4 rings (SSSR count). The van der Waals surface area contributed by atoms with E-state index < -0.39 is 0 Å². The number of nitrogens with zero attached hydrogens (tertiary/aromatic N) is 5. The Bertz CT molecular complexity index is 1170. The summed E-state index contributed by atoms with van der Waals surface area (Å²) in [5.74, 6) is 3.54. The first-order valence-corrected chi connectivity index (χ1v) is 10.2. The molecule has 0 aliphatic carbocycles. The predicted molar refractivity (Wildman–Crippen MR) is 113 cm³/mol. The highest BCUT2D eigenvalue weighted by molar-refractivity contribution is 7.98. The lowest BCUT2D eigenvalue weighted by molar-refractivity contribution is 0.388. The number of aryl methyl sites for hydroxylation is 2. The van der Waals surface area contributed by atoms with Crippen LogP contribution in [0.1, 0.15) is 17.3 Å². The highest BCUT2D eigenvalue weighted by Gasteiger charge is 2.17. The molecule has 0 aliphatic heterocycles. The number of hydrogen-bond acceptors (Lipinski definition) is 8. The van der Waals surface area contributed by atoms with Crippen LogP contribution < -0.4 is 9.47 Å². The van der Waals surface area contributed by atoms with E-state index in [0.29, 0.717) is 29.0 Å². The zero-order valence-electron chi connectivity index (χ0n) is 17.1. The number of thioether (sulfide) groups is 1. The molecule has 0 radical (unpaired) electrons. The first kappa shape index (κ1) is 20.0. The zero-order chi connectivity index (χ0) is 21.1. The van der Waals surface area contributed by atoms with Gasteiger partial charge in [0, 0.05) is 11.8 Å². The Hall–Kier alpha value is -3.33.